The summed E-state index contributed by atoms with van der Waals surface area (Å²) in [5.74, 6) is 3.01. The molecule has 1 atom stereocenters. The molecule has 0 N–H and O–H groups in total. The molecule has 1 aliphatic rings. The highest BCUT2D eigenvalue weighted by Gasteiger charge is 2.38. The molecule has 0 heterocycles. The minimum absolute atomic E-state index is 0.570. The maximum atomic E-state index is 2.39. The average molecular weight is 311 g/mol. The van der Waals surface area contributed by atoms with E-state index in [1.807, 2.05) is 0 Å². The fourth-order valence-corrected chi connectivity index (χ4v) is 4.38. The van der Waals surface area contributed by atoms with Gasteiger partial charge in [0.1, 0.15) is 0 Å². The van der Waals surface area contributed by atoms with Crippen molar-refractivity contribution in [2.75, 3.05) is 0 Å². The zero-order chi connectivity index (χ0) is 17.3. The van der Waals surface area contributed by atoms with Gasteiger partial charge in [0, 0.05) is 5.92 Å². The molecule has 23 heavy (non-hydrogen) atoms. The van der Waals surface area contributed by atoms with Gasteiger partial charge in [-0.1, -0.05) is 96.9 Å². The third-order valence-electron chi connectivity index (χ3n) is 5.09. The van der Waals surface area contributed by atoms with E-state index in [1.54, 1.807) is 22.3 Å². The first kappa shape index (κ1) is 18.0. The van der Waals surface area contributed by atoms with Crippen LogP contribution in [0.1, 0.15) is 61.0 Å². The van der Waals surface area contributed by atoms with Crippen LogP contribution in [0.25, 0.3) is 5.57 Å². The lowest BCUT2D eigenvalue weighted by Gasteiger charge is -2.28. The minimum Gasteiger partial charge on any atom is -0.0622 e. The van der Waals surface area contributed by atoms with E-state index in [-0.39, 0.29) is 0 Å². The highest BCUT2D eigenvalue weighted by molar-refractivity contribution is 5.87. The molecule has 0 amide bonds. The summed E-state index contributed by atoms with van der Waals surface area (Å²) in [6.45, 7) is 19.0. The van der Waals surface area contributed by atoms with Gasteiger partial charge in [0.05, 0.1) is 0 Å². The topological polar surface area (TPSA) is 0 Å². The van der Waals surface area contributed by atoms with Crippen LogP contribution in [0.3, 0.4) is 0 Å². The molecule has 0 aliphatic heterocycles. The van der Waals surface area contributed by atoms with Crippen LogP contribution in [0, 0.1) is 29.6 Å². The van der Waals surface area contributed by atoms with Gasteiger partial charge in [-0.25, -0.2) is 0 Å². The highest BCUT2D eigenvalue weighted by atomic mass is 14.4. The molecule has 0 bridgehead atoms. The summed E-state index contributed by atoms with van der Waals surface area (Å²) in [5.41, 5.74) is 7.93. The van der Waals surface area contributed by atoms with Gasteiger partial charge >= 0.3 is 0 Å². The molecule has 1 aromatic carbocycles. The summed E-state index contributed by atoms with van der Waals surface area (Å²) < 4.78 is 0. The molecule has 0 nitrogen and oxygen atoms in total. The summed E-state index contributed by atoms with van der Waals surface area (Å²) in [6.07, 6.45) is 0. The average Bonchev–Trinajstić information content (AvgIpc) is 2.84. The SMILES string of the molecule is CC(C)C1=C(C(C)C)C(C(C)C)C(C(C)C)=C1c1ccccc1. The van der Waals surface area contributed by atoms with Crippen LogP contribution in [0.15, 0.2) is 47.1 Å². The van der Waals surface area contributed by atoms with Gasteiger partial charge in [-0.2, -0.15) is 0 Å². The van der Waals surface area contributed by atoms with Crippen LogP contribution in [0.4, 0.5) is 0 Å². The van der Waals surface area contributed by atoms with Crippen molar-refractivity contribution >= 4 is 5.57 Å². The Bertz CT molecular complexity index is 594. The van der Waals surface area contributed by atoms with Crippen molar-refractivity contribution < 1.29 is 0 Å². The van der Waals surface area contributed by atoms with Crippen molar-refractivity contribution in [1.29, 1.82) is 0 Å². The Balaban J connectivity index is 2.81. The van der Waals surface area contributed by atoms with Crippen molar-refractivity contribution in [1.82, 2.24) is 0 Å². The molecule has 0 fully saturated rings. The van der Waals surface area contributed by atoms with Crippen molar-refractivity contribution in [2.45, 2.75) is 55.4 Å². The summed E-state index contributed by atoms with van der Waals surface area (Å²) in [7, 11) is 0. The van der Waals surface area contributed by atoms with Gasteiger partial charge in [0.15, 0.2) is 0 Å². The molecular formula is C23H34. The second-order valence-corrected chi connectivity index (χ2v) is 8.25. The second-order valence-electron chi connectivity index (χ2n) is 8.25. The molecule has 0 saturated carbocycles. The highest BCUT2D eigenvalue weighted by Crippen LogP contribution is 2.52. The van der Waals surface area contributed by atoms with E-state index in [9.17, 15) is 0 Å². The zero-order valence-corrected chi connectivity index (χ0v) is 16.3. The third kappa shape index (κ3) is 3.32. The van der Waals surface area contributed by atoms with Crippen LogP contribution in [-0.2, 0) is 0 Å². The molecule has 0 saturated heterocycles. The van der Waals surface area contributed by atoms with Crippen molar-refractivity contribution in [3.05, 3.63) is 52.6 Å². The van der Waals surface area contributed by atoms with Gasteiger partial charge < -0.3 is 0 Å². The summed E-state index contributed by atoms with van der Waals surface area (Å²) >= 11 is 0. The molecule has 0 heteroatoms. The number of benzene rings is 1. The van der Waals surface area contributed by atoms with E-state index >= 15 is 0 Å². The van der Waals surface area contributed by atoms with E-state index < -0.39 is 0 Å². The first-order chi connectivity index (χ1) is 10.8. The predicted octanol–water partition coefficient (Wildman–Crippen LogP) is 6.99. The molecule has 1 aromatic rings. The number of hydrogen-bond acceptors (Lipinski definition) is 0. The lowest BCUT2D eigenvalue weighted by molar-refractivity contribution is 0.439. The van der Waals surface area contributed by atoms with E-state index in [4.69, 9.17) is 0 Å². The van der Waals surface area contributed by atoms with Crippen molar-refractivity contribution in [3.8, 4) is 0 Å². The van der Waals surface area contributed by atoms with E-state index in [1.165, 1.54) is 5.56 Å². The Morgan fingerprint density at radius 1 is 0.652 bits per heavy atom. The Labute approximate surface area is 143 Å². The van der Waals surface area contributed by atoms with E-state index in [0.29, 0.717) is 29.6 Å². The Morgan fingerprint density at radius 3 is 1.57 bits per heavy atom. The number of hydrogen-bond donors (Lipinski definition) is 0. The lowest BCUT2D eigenvalue weighted by atomic mass is 9.76. The van der Waals surface area contributed by atoms with Crippen molar-refractivity contribution in [2.24, 2.45) is 29.6 Å². The minimum atomic E-state index is 0.570. The zero-order valence-electron chi connectivity index (χ0n) is 16.3. The molecule has 1 unspecified atom stereocenters. The molecule has 2 rings (SSSR count). The molecule has 1 aliphatic carbocycles. The first-order valence-corrected chi connectivity index (χ1v) is 9.31. The van der Waals surface area contributed by atoms with Gasteiger partial charge in [-0.3, -0.25) is 0 Å². The van der Waals surface area contributed by atoms with Crippen LogP contribution in [-0.4, -0.2) is 0 Å². The van der Waals surface area contributed by atoms with E-state index in [2.05, 4.69) is 85.7 Å². The fraction of sp³-hybridized carbons (Fsp3) is 0.565. The molecule has 126 valence electrons. The van der Waals surface area contributed by atoms with Gasteiger partial charge in [-0.05, 0) is 40.4 Å². The summed E-state index contributed by atoms with van der Waals surface area (Å²) in [6, 6.07) is 11.1. The fourth-order valence-electron chi connectivity index (χ4n) is 4.38. The van der Waals surface area contributed by atoms with Gasteiger partial charge in [0.25, 0.3) is 0 Å². The largest absolute Gasteiger partial charge is 0.0622 e. The molecule has 0 aromatic heterocycles. The van der Waals surface area contributed by atoms with Crippen LogP contribution in [0.2, 0.25) is 0 Å². The maximum Gasteiger partial charge on any atom is 0.00506 e. The molecule has 0 spiro atoms. The monoisotopic (exact) mass is 310 g/mol. The van der Waals surface area contributed by atoms with Gasteiger partial charge in [-0.15, -0.1) is 0 Å². The maximum absolute atomic E-state index is 2.39. The summed E-state index contributed by atoms with van der Waals surface area (Å²) in [4.78, 5) is 0. The van der Waals surface area contributed by atoms with Crippen LogP contribution >= 0.6 is 0 Å². The van der Waals surface area contributed by atoms with Gasteiger partial charge in [0.2, 0.25) is 0 Å². The number of allylic oxidation sites excluding steroid dienone is 4. The Kier molecular flexibility index (Phi) is 5.55. The quantitative estimate of drug-likeness (QED) is 0.549. The Morgan fingerprint density at radius 2 is 1.17 bits per heavy atom. The number of rotatable bonds is 5. The molecular weight excluding hydrogens is 276 g/mol. The van der Waals surface area contributed by atoms with E-state index in [0.717, 1.165) is 0 Å². The van der Waals surface area contributed by atoms with Crippen LogP contribution in [0.5, 0.6) is 0 Å². The smallest absolute Gasteiger partial charge is 0.00506 e. The Hall–Kier alpha value is -1.30. The predicted molar refractivity (Wildman–Crippen MR) is 103 cm³/mol. The standard InChI is InChI=1S/C23H34/c1-14(2)19-20(15(3)4)22(17(7)8)23(21(19)16(5)6)18-12-10-9-11-13-18/h9-17,19H,1-8H3. The summed E-state index contributed by atoms with van der Waals surface area (Å²) in [5, 5.41) is 0. The first-order valence-electron chi connectivity index (χ1n) is 9.31. The normalized spacial score (nSPS) is 19.2. The molecule has 0 radical (unpaired) electrons. The van der Waals surface area contributed by atoms with Crippen LogP contribution < -0.4 is 0 Å². The third-order valence-corrected chi connectivity index (χ3v) is 5.09. The lowest BCUT2D eigenvalue weighted by Crippen LogP contribution is -2.18. The second kappa shape index (κ2) is 7.07. The van der Waals surface area contributed by atoms with Crippen molar-refractivity contribution in [3.63, 3.8) is 0 Å².